The number of benzene rings is 2. The first-order valence-electron chi connectivity index (χ1n) is 8.72. The average Bonchev–Trinajstić information content (AvgIpc) is 3.24. The molecule has 0 radical (unpaired) electrons. The van der Waals surface area contributed by atoms with Crippen molar-refractivity contribution in [3.05, 3.63) is 70.8 Å². The third-order valence-electron chi connectivity index (χ3n) is 4.15. The van der Waals surface area contributed by atoms with Gasteiger partial charge in [-0.1, -0.05) is 42.1 Å². The molecule has 29 heavy (non-hydrogen) atoms. The lowest BCUT2D eigenvalue weighted by Gasteiger charge is -2.11. The van der Waals surface area contributed by atoms with E-state index in [0.717, 1.165) is 5.56 Å². The van der Waals surface area contributed by atoms with Gasteiger partial charge in [-0.15, -0.1) is 10.2 Å². The molecule has 2 heterocycles. The van der Waals surface area contributed by atoms with E-state index >= 15 is 0 Å². The number of aromatic nitrogens is 4. The molecule has 4 rings (SSSR count). The van der Waals surface area contributed by atoms with Crippen molar-refractivity contribution in [1.29, 1.82) is 0 Å². The van der Waals surface area contributed by atoms with Crippen LogP contribution in [0.25, 0.3) is 22.4 Å². The highest BCUT2D eigenvalue weighted by Crippen LogP contribution is 2.24. The third kappa shape index (κ3) is 4.04. The second-order valence-electron chi connectivity index (χ2n) is 6.03. The van der Waals surface area contributed by atoms with Crippen molar-refractivity contribution in [3.8, 4) is 11.5 Å². The number of methoxy groups -OCH3 is 1. The number of carbonyl (C=O) groups is 1. The first-order valence-corrected chi connectivity index (χ1v) is 9.71. The number of hydrogen-bond acceptors (Lipinski definition) is 8. The molecule has 8 nitrogen and oxygen atoms in total. The third-order valence-corrected chi connectivity index (χ3v) is 5.11. The number of carbonyl (C=O) groups excluding carboxylic acids is 1. The summed E-state index contributed by atoms with van der Waals surface area (Å²) in [5.74, 6) is 0.571. The van der Waals surface area contributed by atoms with Crippen LogP contribution in [0, 0.1) is 0 Å². The van der Waals surface area contributed by atoms with Gasteiger partial charge < -0.3 is 9.15 Å². The SMILES string of the molecule is COC(=O)Cn1c(SCc2nnc(-c3ccccc3)o2)nc2ccccc2c1=O. The van der Waals surface area contributed by atoms with Gasteiger partial charge in [0.25, 0.3) is 5.56 Å². The Morgan fingerprint density at radius 2 is 1.86 bits per heavy atom. The van der Waals surface area contributed by atoms with E-state index in [9.17, 15) is 9.59 Å². The zero-order valence-electron chi connectivity index (χ0n) is 15.4. The molecule has 9 heteroatoms. The number of esters is 1. The van der Waals surface area contributed by atoms with Gasteiger partial charge in [0, 0.05) is 5.56 Å². The molecule has 0 aliphatic heterocycles. The molecule has 0 aliphatic carbocycles. The monoisotopic (exact) mass is 408 g/mol. The van der Waals surface area contributed by atoms with Crippen LogP contribution in [0.5, 0.6) is 0 Å². The summed E-state index contributed by atoms with van der Waals surface area (Å²) in [7, 11) is 1.28. The van der Waals surface area contributed by atoms with Crippen LogP contribution < -0.4 is 5.56 Å². The van der Waals surface area contributed by atoms with Crippen molar-refractivity contribution in [2.24, 2.45) is 0 Å². The minimum absolute atomic E-state index is 0.228. The molecule has 0 N–H and O–H groups in total. The van der Waals surface area contributed by atoms with Gasteiger partial charge in [0.1, 0.15) is 6.54 Å². The van der Waals surface area contributed by atoms with Crippen LogP contribution in [-0.2, 0) is 21.8 Å². The maximum atomic E-state index is 12.9. The highest BCUT2D eigenvalue weighted by atomic mass is 32.2. The van der Waals surface area contributed by atoms with Gasteiger partial charge in [-0.2, -0.15) is 0 Å². The average molecular weight is 408 g/mol. The van der Waals surface area contributed by atoms with Crippen LogP contribution in [-0.4, -0.2) is 32.8 Å². The van der Waals surface area contributed by atoms with Crippen molar-refractivity contribution in [3.63, 3.8) is 0 Å². The smallest absolute Gasteiger partial charge is 0.325 e. The Labute approximate surface area is 169 Å². The molecular weight excluding hydrogens is 392 g/mol. The molecule has 0 amide bonds. The second-order valence-corrected chi connectivity index (χ2v) is 6.98. The summed E-state index contributed by atoms with van der Waals surface area (Å²) in [6.07, 6.45) is 0. The van der Waals surface area contributed by atoms with Crippen molar-refractivity contribution in [2.75, 3.05) is 7.11 Å². The largest absolute Gasteiger partial charge is 0.468 e. The van der Waals surface area contributed by atoms with Crippen LogP contribution in [0.2, 0.25) is 0 Å². The lowest BCUT2D eigenvalue weighted by molar-refractivity contribution is -0.141. The van der Waals surface area contributed by atoms with Crippen LogP contribution in [0.1, 0.15) is 5.89 Å². The number of fused-ring (bicyclic) bond motifs is 1. The lowest BCUT2D eigenvalue weighted by Crippen LogP contribution is -2.27. The maximum absolute atomic E-state index is 12.9. The minimum atomic E-state index is -0.532. The molecule has 0 aliphatic rings. The molecule has 0 fully saturated rings. The Hall–Kier alpha value is -3.46. The van der Waals surface area contributed by atoms with E-state index in [4.69, 9.17) is 9.15 Å². The lowest BCUT2D eigenvalue weighted by atomic mass is 10.2. The molecule has 2 aromatic heterocycles. The Balaban J connectivity index is 1.63. The molecule has 0 atom stereocenters. The second kappa shape index (κ2) is 8.27. The van der Waals surface area contributed by atoms with Crippen molar-refractivity contribution in [2.45, 2.75) is 17.5 Å². The molecule has 4 aromatic rings. The molecule has 0 saturated heterocycles. The van der Waals surface area contributed by atoms with Crippen LogP contribution >= 0.6 is 11.8 Å². The predicted molar refractivity (Wildman–Crippen MR) is 107 cm³/mol. The standard InChI is InChI=1S/C20H16N4O4S/c1-27-17(25)11-24-19(26)14-9-5-6-10-15(14)21-20(24)29-12-16-22-23-18(28-16)13-7-3-2-4-8-13/h2-10H,11-12H2,1H3. The number of para-hydroxylation sites is 1. The fourth-order valence-electron chi connectivity index (χ4n) is 2.73. The van der Waals surface area contributed by atoms with E-state index < -0.39 is 5.97 Å². The van der Waals surface area contributed by atoms with E-state index in [1.165, 1.54) is 23.4 Å². The number of nitrogens with zero attached hydrogens (tertiary/aromatic N) is 4. The highest BCUT2D eigenvalue weighted by molar-refractivity contribution is 7.98. The van der Waals surface area contributed by atoms with E-state index in [1.807, 2.05) is 30.3 Å². The van der Waals surface area contributed by atoms with Gasteiger partial charge in [0.15, 0.2) is 5.16 Å². The first-order chi connectivity index (χ1) is 14.2. The molecule has 0 bridgehead atoms. The fourth-order valence-corrected chi connectivity index (χ4v) is 3.56. The number of hydrogen-bond donors (Lipinski definition) is 0. The molecule has 0 unspecified atom stereocenters. The Morgan fingerprint density at radius 3 is 2.66 bits per heavy atom. The minimum Gasteiger partial charge on any atom is -0.468 e. The van der Waals surface area contributed by atoms with Crippen molar-refractivity contribution >= 4 is 28.6 Å². The topological polar surface area (TPSA) is 100 Å². The Kier molecular flexibility index (Phi) is 5.39. The zero-order chi connectivity index (χ0) is 20.2. The molecular formula is C20H16N4O4S. The number of rotatable bonds is 6. The van der Waals surface area contributed by atoms with Crippen molar-refractivity contribution < 1.29 is 13.9 Å². The summed E-state index contributed by atoms with van der Waals surface area (Å²) in [6.45, 7) is -0.228. The summed E-state index contributed by atoms with van der Waals surface area (Å²) in [6, 6.07) is 16.4. The predicted octanol–water partition coefficient (Wildman–Crippen LogP) is 2.91. The first kappa shape index (κ1) is 18.9. The quantitative estimate of drug-likeness (QED) is 0.273. The summed E-state index contributed by atoms with van der Waals surface area (Å²) in [5.41, 5.74) is 1.07. The highest BCUT2D eigenvalue weighted by Gasteiger charge is 2.16. The van der Waals surface area contributed by atoms with Crippen LogP contribution in [0.3, 0.4) is 0 Å². The van der Waals surface area contributed by atoms with E-state index in [2.05, 4.69) is 15.2 Å². The van der Waals surface area contributed by atoms with Gasteiger partial charge >= 0.3 is 5.97 Å². The van der Waals surface area contributed by atoms with Crippen LogP contribution in [0.4, 0.5) is 0 Å². The van der Waals surface area contributed by atoms with E-state index in [-0.39, 0.29) is 12.1 Å². The molecule has 0 saturated carbocycles. The normalized spacial score (nSPS) is 10.9. The fraction of sp³-hybridized carbons (Fsp3) is 0.150. The van der Waals surface area contributed by atoms with E-state index in [0.29, 0.717) is 33.6 Å². The summed E-state index contributed by atoms with van der Waals surface area (Å²) in [5, 5.41) is 8.92. The number of thioether (sulfide) groups is 1. The summed E-state index contributed by atoms with van der Waals surface area (Å²) < 4.78 is 11.7. The zero-order valence-corrected chi connectivity index (χ0v) is 16.3. The summed E-state index contributed by atoms with van der Waals surface area (Å²) >= 11 is 1.24. The van der Waals surface area contributed by atoms with Gasteiger partial charge in [-0.05, 0) is 24.3 Å². The van der Waals surface area contributed by atoms with Gasteiger partial charge in [-0.25, -0.2) is 4.98 Å². The summed E-state index contributed by atoms with van der Waals surface area (Å²) in [4.78, 5) is 29.2. The van der Waals surface area contributed by atoms with Crippen LogP contribution in [0.15, 0.2) is 69.0 Å². The molecule has 2 aromatic carbocycles. The maximum Gasteiger partial charge on any atom is 0.325 e. The molecule has 146 valence electrons. The van der Waals surface area contributed by atoms with Gasteiger partial charge in [0.2, 0.25) is 11.8 Å². The Morgan fingerprint density at radius 1 is 1.10 bits per heavy atom. The van der Waals surface area contributed by atoms with Gasteiger partial charge in [-0.3, -0.25) is 14.2 Å². The van der Waals surface area contributed by atoms with Gasteiger partial charge in [0.05, 0.1) is 23.8 Å². The number of ether oxygens (including phenoxy) is 1. The molecule has 0 spiro atoms. The van der Waals surface area contributed by atoms with E-state index in [1.54, 1.807) is 24.3 Å². The van der Waals surface area contributed by atoms with Crippen molar-refractivity contribution in [1.82, 2.24) is 19.7 Å². The Bertz CT molecular complexity index is 1220.